The van der Waals surface area contributed by atoms with Gasteiger partial charge >= 0.3 is 0 Å². The monoisotopic (exact) mass is 316 g/mol. The van der Waals surface area contributed by atoms with Gasteiger partial charge in [-0.2, -0.15) is 0 Å². The van der Waals surface area contributed by atoms with E-state index in [4.69, 9.17) is 0 Å². The Morgan fingerprint density at radius 2 is 2.00 bits per heavy atom. The van der Waals surface area contributed by atoms with E-state index in [-0.39, 0.29) is 5.82 Å². The van der Waals surface area contributed by atoms with Crippen LogP contribution in [0.2, 0.25) is 0 Å². The van der Waals surface area contributed by atoms with Crippen molar-refractivity contribution < 1.29 is 4.39 Å². The quantitative estimate of drug-likeness (QED) is 0.682. The van der Waals surface area contributed by atoms with Crippen LogP contribution in [0, 0.1) is 11.7 Å². The van der Waals surface area contributed by atoms with Crippen molar-refractivity contribution >= 4 is 21.7 Å². The summed E-state index contributed by atoms with van der Waals surface area (Å²) in [4.78, 5) is 4.00. The maximum Gasteiger partial charge on any atom is 0.166 e. The van der Waals surface area contributed by atoms with Crippen LogP contribution >= 0.6 is 15.9 Å². The van der Waals surface area contributed by atoms with Crippen molar-refractivity contribution in [3.63, 3.8) is 0 Å². The number of aromatic nitrogens is 1. The zero-order chi connectivity index (χ0) is 13.4. The first kappa shape index (κ1) is 15.4. The highest BCUT2D eigenvalue weighted by atomic mass is 79.9. The molecule has 18 heavy (non-hydrogen) atoms. The fraction of sp³-hybridized carbons (Fsp3) is 0.643. The minimum atomic E-state index is -0.302. The number of unbranched alkanes of at least 4 members (excludes halogenated alkanes) is 3. The summed E-state index contributed by atoms with van der Waals surface area (Å²) in [5.41, 5.74) is 0. The van der Waals surface area contributed by atoms with Crippen LogP contribution in [0.15, 0.2) is 16.7 Å². The maximum atomic E-state index is 13.4. The SMILES string of the molecule is CC(C)CCCCCCNc1ncc(Br)cc1F. The number of nitrogens with zero attached hydrogens (tertiary/aromatic N) is 1. The second-order valence-corrected chi connectivity index (χ2v) is 5.92. The molecule has 0 spiro atoms. The summed E-state index contributed by atoms with van der Waals surface area (Å²) in [5, 5.41) is 3.03. The van der Waals surface area contributed by atoms with E-state index in [0.717, 1.165) is 18.9 Å². The molecule has 2 nitrogen and oxygen atoms in total. The Labute approximate surface area is 118 Å². The van der Waals surface area contributed by atoms with Crippen molar-refractivity contribution in [1.82, 2.24) is 4.98 Å². The van der Waals surface area contributed by atoms with Crippen LogP contribution in [0.5, 0.6) is 0 Å². The molecule has 0 saturated heterocycles. The second kappa shape index (κ2) is 8.46. The van der Waals surface area contributed by atoms with Crippen LogP contribution in [0.1, 0.15) is 46.0 Å². The lowest BCUT2D eigenvalue weighted by atomic mass is 10.0. The number of hydrogen-bond donors (Lipinski definition) is 1. The highest BCUT2D eigenvalue weighted by Gasteiger charge is 2.03. The number of nitrogens with one attached hydrogen (secondary N) is 1. The van der Waals surface area contributed by atoms with Crippen LogP contribution in [-0.2, 0) is 0 Å². The molecule has 1 aromatic heterocycles. The fourth-order valence-corrected chi connectivity index (χ4v) is 2.09. The maximum absolute atomic E-state index is 13.4. The van der Waals surface area contributed by atoms with Gasteiger partial charge in [0.15, 0.2) is 11.6 Å². The third-order valence-electron chi connectivity index (χ3n) is 2.81. The Morgan fingerprint density at radius 1 is 1.28 bits per heavy atom. The Bertz CT molecular complexity index is 356. The third-order valence-corrected chi connectivity index (χ3v) is 3.24. The largest absolute Gasteiger partial charge is 0.368 e. The van der Waals surface area contributed by atoms with Gasteiger partial charge in [0.2, 0.25) is 0 Å². The van der Waals surface area contributed by atoms with Crippen molar-refractivity contribution in [3.05, 3.63) is 22.6 Å². The van der Waals surface area contributed by atoms with Crippen LogP contribution in [0.25, 0.3) is 0 Å². The molecule has 0 amide bonds. The molecular formula is C14H22BrFN2. The normalized spacial score (nSPS) is 10.9. The molecule has 102 valence electrons. The lowest BCUT2D eigenvalue weighted by Crippen LogP contribution is -2.05. The fourth-order valence-electron chi connectivity index (χ4n) is 1.78. The van der Waals surface area contributed by atoms with Gasteiger partial charge < -0.3 is 5.32 Å². The lowest BCUT2D eigenvalue weighted by Gasteiger charge is -2.07. The molecule has 0 atom stereocenters. The molecule has 0 aromatic carbocycles. The van der Waals surface area contributed by atoms with E-state index < -0.39 is 0 Å². The number of pyridine rings is 1. The molecular weight excluding hydrogens is 295 g/mol. The zero-order valence-corrected chi connectivity index (χ0v) is 12.8. The number of rotatable bonds is 8. The van der Waals surface area contributed by atoms with Crippen molar-refractivity contribution in [1.29, 1.82) is 0 Å². The van der Waals surface area contributed by atoms with E-state index in [2.05, 4.69) is 40.1 Å². The molecule has 0 unspecified atom stereocenters. The molecule has 0 aliphatic carbocycles. The summed E-state index contributed by atoms with van der Waals surface area (Å²) >= 11 is 3.19. The van der Waals surface area contributed by atoms with Gasteiger partial charge in [-0.05, 0) is 34.3 Å². The van der Waals surface area contributed by atoms with E-state index in [1.54, 1.807) is 6.20 Å². The molecule has 0 bridgehead atoms. The van der Waals surface area contributed by atoms with Crippen molar-refractivity contribution in [3.8, 4) is 0 Å². The van der Waals surface area contributed by atoms with Crippen LogP contribution < -0.4 is 5.32 Å². The van der Waals surface area contributed by atoms with Crippen LogP contribution in [-0.4, -0.2) is 11.5 Å². The van der Waals surface area contributed by atoms with Gasteiger partial charge in [-0.3, -0.25) is 0 Å². The smallest absolute Gasteiger partial charge is 0.166 e. The molecule has 0 aliphatic heterocycles. The first-order chi connectivity index (χ1) is 8.59. The number of anilines is 1. The number of hydrogen-bond acceptors (Lipinski definition) is 2. The molecule has 1 heterocycles. The van der Waals surface area contributed by atoms with Gasteiger partial charge in [0.25, 0.3) is 0 Å². The third kappa shape index (κ3) is 6.34. The molecule has 4 heteroatoms. The Hall–Kier alpha value is -0.640. The average molecular weight is 317 g/mol. The summed E-state index contributed by atoms with van der Waals surface area (Å²) in [6.07, 6.45) is 7.72. The van der Waals surface area contributed by atoms with Crippen molar-refractivity contribution in [2.45, 2.75) is 46.0 Å². The molecule has 0 radical (unpaired) electrons. The Kier molecular flexibility index (Phi) is 7.25. The molecule has 1 aromatic rings. The van der Waals surface area contributed by atoms with Crippen LogP contribution in [0.3, 0.4) is 0 Å². The highest BCUT2D eigenvalue weighted by molar-refractivity contribution is 9.10. The summed E-state index contributed by atoms with van der Waals surface area (Å²) < 4.78 is 14.1. The minimum Gasteiger partial charge on any atom is -0.368 e. The average Bonchev–Trinajstić information content (AvgIpc) is 2.30. The summed E-state index contributed by atoms with van der Waals surface area (Å²) in [6, 6.07) is 1.43. The Morgan fingerprint density at radius 3 is 2.67 bits per heavy atom. The lowest BCUT2D eigenvalue weighted by molar-refractivity contribution is 0.522. The first-order valence-electron chi connectivity index (χ1n) is 6.64. The second-order valence-electron chi connectivity index (χ2n) is 5.01. The molecule has 1 N–H and O–H groups in total. The standard InChI is InChI=1S/C14H22BrFN2/c1-11(2)7-5-3-4-6-8-17-14-13(16)9-12(15)10-18-14/h9-11H,3-8H2,1-2H3,(H,17,18). The van der Waals surface area contributed by atoms with E-state index in [1.807, 2.05) is 0 Å². The summed E-state index contributed by atoms with van der Waals surface area (Å²) in [5.74, 6) is 0.841. The number of halogens is 2. The van der Waals surface area contributed by atoms with Crippen molar-refractivity contribution in [2.75, 3.05) is 11.9 Å². The molecule has 0 saturated carbocycles. The summed E-state index contributed by atoms with van der Waals surface area (Å²) in [6.45, 7) is 5.29. The van der Waals surface area contributed by atoms with Gasteiger partial charge in [0.1, 0.15) is 0 Å². The van der Waals surface area contributed by atoms with E-state index in [0.29, 0.717) is 10.3 Å². The van der Waals surface area contributed by atoms with Gasteiger partial charge in [-0.15, -0.1) is 0 Å². The predicted octanol–water partition coefficient (Wildman–Crippen LogP) is 5.00. The Balaban J connectivity index is 2.11. The topological polar surface area (TPSA) is 24.9 Å². The van der Waals surface area contributed by atoms with E-state index >= 15 is 0 Å². The van der Waals surface area contributed by atoms with Crippen LogP contribution in [0.4, 0.5) is 10.2 Å². The van der Waals surface area contributed by atoms with Gasteiger partial charge in [0.05, 0.1) is 0 Å². The van der Waals surface area contributed by atoms with E-state index in [1.165, 1.54) is 31.7 Å². The highest BCUT2D eigenvalue weighted by Crippen LogP contribution is 2.16. The molecule has 0 fully saturated rings. The first-order valence-corrected chi connectivity index (χ1v) is 7.44. The van der Waals surface area contributed by atoms with E-state index in [9.17, 15) is 4.39 Å². The predicted molar refractivity (Wildman–Crippen MR) is 78.3 cm³/mol. The molecule has 0 aliphatic rings. The van der Waals surface area contributed by atoms with Gasteiger partial charge in [-0.1, -0.05) is 39.5 Å². The minimum absolute atomic E-state index is 0.302. The van der Waals surface area contributed by atoms with Crippen molar-refractivity contribution in [2.24, 2.45) is 5.92 Å². The van der Waals surface area contributed by atoms with Gasteiger partial charge in [0, 0.05) is 17.2 Å². The molecule has 1 rings (SSSR count). The summed E-state index contributed by atoms with van der Waals surface area (Å²) in [7, 11) is 0. The zero-order valence-electron chi connectivity index (χ0n) is 11.2. The van der Waals surface area contributed by atoms with Gasteiger partial charge in [-0.25, -0.2) is 9.37 Å².